The van der Waals surface area contributed by atoms with Crippen LogP contribution < -0.4 is 10.3 Å². The fourth-order valence-corrected chi connectivity index (χ4v) is 1.89. The fourth-order valence-electron chi connectivity index (χ4n) is 1.89. The monoisotopic (exact) mass is 274 g/mol. The Hall–Kier alpha value is -2.55. The summed E-state index contributed by atoms with van der Waals surface area (Å²) in [7, 11) is 0. The summed E-state index contributed by atoms with van der Waals surface area (Å²) in [5, 5.41) is 9.36. The quantitative estimate of drug-likeness (QED) is 0.587. The van der Waals surface area contributed by atoms with Crippen LogP contribution in [-0.4, -0.2) is 10.7 Å². The Kier molecular flexibility index (Phi) is 3.14. The first-order valence-electron chi connectivity index (χ1n) is 6.03. The number of aromatic nitrogens is 1. The zero-order valence-corrected chi connectivity index (χ0v) is 11.7. The minimum atomic E-state index is -0.555. The molecule has 1 heterocycles. The average Bonchev–Trinajstić information content (AvgIpc) is 2.66. The molecule has 0 aliphatic rings. The molecule has 2 aromatic rings. The second kappa shape index (κ2) is 4.53. The highest BCUT2D eigenvalue weighted by Crippen LogP contribution is 2.27. The highest BCUT2D eigenvalue weighted by Gasteiger charge is 2.24. The van der Waals surface area contributed by atoms with Crippen molar-refractivity contribution >= 4 is 16.9 Å². The number of nitrogens with zero attached hydrogens (tertiary/aromatic N) is 2. The number of rotatable bonds is 1. The third-order valence-corrected chi connectivity index (χ3v) is 2.69. The molecule has 0 saturated carbocycles. The van der Waals surface area contributed by atoms with Crippen molar-refractivity contribution in [1.29, 1.82) is 5.26 Å². The standard InChI is InChI=1S/C14H14N2O4/c1-8(17)19-10-5-6-11-12(9(10)7-15)13(18)16(20-11)14(2,3)4/h5-6H,1-4H3. The van der Waals surface area contributed by atoms with E-state index in [-0.39, 0.29) is 22.3 Å². The molecule has 1 aromatic heterocycles. The lowest BCUT2D eigenvalue weighted by atomic mass is 10.1. The minimum Gasteiger partial charge on any atom is -0.425 e. The highest BCUT2D eigenvalue weighted by molar-refractivity contribution is 5.86. The van der Waals surface area contributed by atoms with Crippen LogP contribution in [0.1, 0.15) is 33.3 Å². The number of benzene rings is 1. The van der Waals surface area contributed by atoms with Gasteiger partial charge in [0.2, 0.25) is 0 Å². The van der Waals surface area contributed by atoms with Crippen LogP contribution in [0.15, 0.2) is 21.5 Å². The number of carbonyl (C=O) groups excluding carboxylic acids is 1. The molecule has 0 fully saturated rings. The molecular weight excluding hydrogens is 260 g/mol. The van der Waals surface area contributed by atoms with Crippen molar-refractivity contribution in [2.45, 2.75) is 33.2 Å². The zero-order valence-electron chi connectivity index (χ0n) is 11.7. The molecule has 6 heteroatoms. The van der Waals surface area contributed by atoms with E-state index in [2.05, 4.69) is 0 Å². The second-order valence-electron chi connectivity index (χ2n) is 5.38. The molecule has 0 atom stereocenters. The van der Waals surface area contributed by atoms with E-state index in [1.165, 1.54) is 23.8 Å². The van der Waals surface area contributed by atoms with Crippen LogP contribution >= 0.6 is 0 Å². The second-order valence-corrected chi connectivity index (χ2v) is 5.38. The summed E-state index contributed by atoms with van der Waals surface area (Å²) in [5.74, 6) is -0.494. The average molecular weight is 274 g/mol. The summed E-state index contributed by atoms with van der Waals surface area (Å²) in [6.45, 7) is 6.68. The van der Waals surface area contributed by atoms with Crippen LogP contribution in [0.25, 0.3) is 11.0 Å². The Labute approximate surface area is 115 Å². The Morgan fingerprint density at radius 2 is 2.05 bits per heavy atom. The van der Waals surface area contributed by atoms with Gasteiger partial charge in [0, 0.05) is 6.92 Å². The predicted molar refractivity (Wildman–Crippen MR) is 71.5 cm³/mol. The van der Waals surface area contributed by atoms with Crippen molar-refractivity contribution < 1.29 is 14.1 Å². The van der Waals surface area contributed by atoms with Gasteiger partial charge in [-0.15, -0.1) is 0 Å². The summed E-state index contributed by atoms with van der Waals surface area (Å²) < 4.78 is 11.6. The molecule has 0 N–H and O–H groups in total. The molecule has 1 aromatic carbocycles. The molecule has 0 radical (unpaired) electrons. The van der Waals surface area contributed by atoms with Gasteiger partial charge in [0.15, 0.2) is 5.58 Å². The maximum absolute atomic E-state index is 12.4. The van der Waals surface area contributed by atoms with E-state index in [0.29, 0.717) is 0 Å². The lowest BCUT2D eigenvalue weighted by Crippen LogP contribution is -2.30. The first-order chi connectivity index (χ1) is 9.25. The summed E-state index contributed by atoms with van der Waals surface area (Å²) in [4.78, 5) is 23.4. The number of fused-ring (bicyclic) bond motifs is 1. The van der Waals surface area contributed by atoms with Gasteiger partial charge in [0.25, 0.3) is 5.56 Å². The Morgan fingerprint density at radius 3 is 2.55 bits per heavy atom. The lowest BCUT2D eigenvalue weighted by Gasteiger charge is -2.16. The van der Waals surface area contributed by atoms with Crippen LogP contribution in [0.5, 0.6) is 5.75 Å². The van der Waals surface area contributed by atoms with Gasteiger partial charge in [0.1, 0.15) is 22.8 Å². The number of nitriles is 1. The van der Waals surface area contributed by atoms with Crippen LogP contribution in [-0.2, 0) is 10.3 Å². The van der Waals surface area contributed by atoms with E-state index in [9.17, 15) is 14.9 Å². The van der Waals surface area contributed by atoms with E-state index >= 15 is 0 Å². The van der Waals surface area contributed by atoms with E-state index in [1.807, 2.05) is 26.8 Å². The molecule has 0 amide bonds. The van der Waals surface area contributed by atoms with E-state index < -0.39 is 17.1 Å². The van der Waals surface area contributed by atoms with Gasteiger partial charge in [-0.2, -0.15) is 10.0 Å². The third-order valence-electron chi connectivity index (χ3n) is 2.69. The topological polar surface area (TPSA) is 85.2 Å². The maximum atomic E-state index is 12.4. The molecular formula is C14H14N2O4. The zero-order chi connectivity index (χ0) is 15.1. The van der Waals surface area contributed by atoms with Gasteiger partial charge in [-0.3, -0.25) is 9.59 Å². The Bertz CT molecular complexity index is 784. The van der Waals surface area contributed by atoms with Gasteiger partial charge in [0.05, 0.1) is 5.54 Å². The van der Waals surface area contributed by atoms with Gasteiger partial charge in [-0.1, -0.05) is 0 Å². The number of hydrogen-bond donors (Lipinski definition) is 0. The maximum Gasteiger partial charge on any atom is 0.308 e. The molecule has 0 aliphatic heterocycles. The molecule has 0 bridgehead atoms. The summed E-state index contributed by atoms with van der Waals surface area (Å²) in [6.07, 6.45) is 0. The molecule has 0 aliphatic carbocycles. The van der Waals surface area contributed by atoms with Crippen molar-refractivity contribution in [3.8, 4) is 11.8 Å². The highest BCUT2D eigenvalue weighted by atomic mass is 16.5. The molecule has 0 saturated heterocycles. The Balaban J connectivity index is 2.82. The van der Waals surface area contributed by atoms with E-state index in [1.54, 1.807) is 0 Å². The van der Waals surface area contributed by atoms with Crippen molar-refractivity contribution in [2.24, 2.45) is 0 Å². The minimum absolute atomic E-state index is 0.00875. The first kappa shape index (κ1) is 13.9. The van der Waals surface area contributed by atoms with Crippen molar-refractivity contribution in [3.63, 3.8) is 0 Å². The van der Waals surface area contributed by atoms with Crippen molar-refractivity contribution in [1.82, 2.24) is 4.74 Å². The third kappa shape index (κ3) is 2.18. The number of esters is 1. The number of carbonyl (C=O) groups is 1. The fraction of sp³-hybridized carbons (Fsp3) is 0.357. The SMILES string of the molecule is CC(=O)Oc1ccc2on(C(C)(C)C)c(=O)c2c1C#N. The molecule has 0 spiro atoms. The van der Waals surface area contributed by atoms with Crippen LogP contribution in [0.3, 0.4) is 0 Å². The molecule has 104 valence electrons. The smallest absolute Gasteiger partial charge is 0.308 e. The number of hydrogen-bond acceptors (Lipinski definition) is 5. The lowest BCUT2D eigenvalue weighted by molar-refractivity contribution is -0.131. The van der Waals surface area contributed by atoms with Crippen molar-refractivity contribution in [2.75, 3.05) is 0 Å². The van der Waals surface area contributed by atoms with E-state index in [0.717, 1.165) is 0 Å². The summed E-state index contributed by atoms with van der Waals surface area (Å²) in [6, 6.07) is 4.85. The van der Waals surface area contributed by atoms with Gasteiger partial charge in [-0.05, 0) is 32.9 Å². The molecule has 20 heavy (non-hydrogen) atoms. The van der Waals surface area contributed by atoms with E-state index in [4.69, 9.17) is 9.26 Å². The van der Waals surface area contributed by atoms with Crippen LogP contribution in [0.2, 0.25) is 0 Å². The van der Waals surface area contributed by atoms with Gasteiger partial charge in [-0.25, -0.2) is 0 Å². The van der Waals surface area contributed by atoms with Crippen LogP contribution in [0.4, 0.5) is 0 Å². The van der Waals surface area contributed by atoms with Crippen LogP contribution in [0, 0.1) is 11.3 Å². The van der Waals surface area contributed by atoms with Gasteiger partial charge < -0.3 is 9.26 Å². The largest absolute Gasteiger partial charge is 0.425 e. The molecule has 2 rings (SSSR count). The normalized spacial score (nSPS) is 11.3. The first-order valence-corrected chi connectivity index (χ1v) is 6.03. The number of ether oxygens (including phenoxy) is 1. The summed E-state index contributed by atoms with van der Waals surface area (Å²) >= 11 is 0. The predicted octanol–water partition coefficient (Wildman–Crippen LogP) is 2.15. The van der Waals surface area contributed by atoms with Gasteiger partial charge >= 0.3 is 5.97 Å². The molecule has 6 nitrogen and oxygen atoms in total. The molecule has 0 unspecified atom stereocenters. The Morgan fingerprint density at radius 1 is 1.40 bits per heavy atom. The summed E-state index contributed by atoms with van der Waals surface area (Å²) in [5.41, 5.74) is -0.672. The van der Waals surface area contributed by atoms with Crippen molar-refractivity contribution in [3.05, 3.63) is 28.0 Å².